The molecule has 2 aromatic rings. The van der Waals surface area contributed by atoms with E-state index in [1.165, 1.54) is 0 Å². The minimum atomic E-state index is -1.80. The third-order valence-electron chi connectivity index (χ3n) is 2.75. The molecule has 108 valence electrons. The first-order valence-corrected chi connectivity index (χ1v) is 6.89. The molecule has 0 saturated carbocycles. The van der Waals surface area contributed by atoms with Crippen LogP contribution in [-0.2, 0) is 9.59 Å². The van der Waals surface area contributed by atoms with Crippen molar-refractivity contribution in [1.29, 1.82) is 0 Å². The number of carbonyl (C=O) groups is 2. The van der Waals surface area contributed by atoms with Crippen LogP contribution in [0.5, 0.6) is 11.5 Å². The molecule has 0 unspecified atom stereocenters. The van der Waals surface area contributed by atoms with Gasteiger partial charge in [0.15, 0.2) is 16.6 Å². The van der Waals surface area contributed by atoms with E-state index < -0.39 is 11.9 Å². The van der Waals surface area contributed by atoms with Crippen LogP contribution in [0.25, 0.3) is 11.3 Å². The maximum atomic E-state index is 11.0. The average Bonchev–Trinajstić information content (AvgIpc) is 2.95. The lowest BCUT2D eigenvalue weighted by atomic mass is 10.1. The lowest BCUT2D eigenvalue weighted by Gasteiger charge is -2.18. The van der Waals surface area contributed by atoms with Gasteiger partial charge in [0.2, 0.25) is 0 Å². The molecule has 0 bridgehead atoms. The van der Waals surface area contributed by atoms with E-state index in [9.17, 15) is 14.7 Å². The zero-order chi connectivity index (χ0) is 14.8. The van der Waals surface area contributed by atoms with Crippen molar-refractivity contribution in [2.24, 2.45) is 0 Å². The second-order valence-corrected chi connectivity index (χ2v) is 5.00. The summed E-state index contributed by atoms with van der Waals surface area (Å²) in [7, 11) is 0. The fourth-order valence-corrected chi connectivity index (χ4v) is 2.53. The van der Waals surface area contributed by atoms with Crippen molar-refractivity contribution in [3.05, 3.63) is 23.6 Å². The summed E-state index contributed by atoms with van der Waals surface area (Å²) in [4.78, 5) is 25.5. The van der Waals surface area contributed by atoms with Crippen LogP contribution in [0.4, 0.5) is 5.13 Å². The average molecular weight is 305 g/mol. The van der Waals surface area contributed by atoms with E-state index in [0.29, 0.717) is 30.4 Å². The molecule has 0 fully saturated rings. The molecule has 7 nitrogen and oxygen atoms in total. The van der Waals surface area contributed by atoms with Crippen LogP contribution in [0.15, 0.2) is 23.6 Å². The topological polar surface area (TPSA) is 101 Å². The quantitative estimate of drug-likeness (QED) is 0.799. The number of nitrogens with one attached hydrogen (secondary N) is 1. The maximum absolute atomic E-state index is 11.0. The summed E-state index contributed by atoms with van der Waals surface area (Å²) in [5.74, 6) is -1.72. The monoisotopic (exact) mass is 305 g/mol. The Balaban J connectivity index is 1.83. The van der Waals surface area contributed by atoms with Gasteiger partial charge in [-0.05, 0) is 18.2 Å². The van der Waals surface area contributed by atoms with Gasteiger partial charge in [-0.15, -0.1) is 11.3 Å². The van der Waals surface area contributed by atoms with Gasteiger partial charge in [0, 0.05) is 10.9 Å². The van der Waals surface area contributed by atoms with Crippen molar-refractivity contribution in [2.75, 3.05) is 18.5 Å². The zero-order valence-electron chi connectivity index (χ0n) is 10.6. The number of aromatic nitrogens is 1. The van der Waals surface area contributed by atoms with Gasteiger partial charge in [-0.3, -0.25) is 10.1 Å². The molecule has 2 heterocycles. The second-order valence-electron chi connectivity index (χ2n) is 4.14. The number of thiazole rings is 1. The molecule has 1 aromatic carbocycles. The number of rotatable bonds is 2. The Hall–Kier alpha value is -2.61. The number of ether oxygens (including phenoxy) is 2. The molecule has 1 aliphatic heterocycles. The van der Waals surface area contributed by atoms with Crippen LogP contribution in [0.3, 0.4) is 0 Å². The number of carbonyl (C=O) groups excluding carboxylic acids is 2. The largest absolute Gasteiger partial charge is 0.540 e. The first-order chi connectivity index (χ1) is 10.1. The van der Waals surface area contributed by atoms with E-state index in [-0.39, 0.29) is 5.13 Å². The minimum absolute atomic E-state index is 0.189. The molecular weight excluding hydrogens is 296 g/mol. The summed E-state index contributed by atoms with van der Waals surface area (Å²) < 4.78 is 10.9. The third kappa shape index (κ3) is 2.79. The molecule has 1 aromatic heterocycles. The number of fused-ring (bicyclic) bond motifs is 1. The van der Waals surface area contributed by atoms with Crippen molar-refractivity contribution in [1.82, 2.24) is 4.98 Å². The standard InChI is InChI=1S/C13H10N2O5S/c16-11(12(17)18)15-13-14-8(6-21-13)7-1-2-9-10(5-7)20-4-3-19-9/h1-2,5-6H,3-4H2,(H,17,18)(H,14,15,16)/p-1. The summed E-state index contributed by atoms with van der Waals surface area (Å²) in [5.41, 5.74) is 1.38. The van der Waals surface area contributed by atoms with Gasteiger partial charge in [0.05, 0.1) is 5.69 Å². The highest BCUT2D eigenvalue weighted by Gasteiger charge is 2.14. The molecule has 0 spiro atoms. The summed E-state index contributed by atoms with van der Waals surface area (Å²) in [6.45, 7) is 1.00. The number of carboxylic acids is 1. The van der Waals surface area contributed by atoms with Gasteiger partial charge in [-0.2, -0.15) is 0 Å². The van der Waals surface area contributed by atoms with Crippen molar-refractivity contribution < 1.29 is 24.2 Å². The second kappa shape index (κ2) is 5.41. The fourth-order valence-electron chi connectivity index (χ4n) is 1.81. The van der Waals surface area contributed by atoms with E-state index in [1.807, 2.05) is 6.07 Å². The Kier molecular flexibility index (Phi) is 3.44. The van der Waals surface area contributed by atoms with E-state index in [4.69, 9.17) is 9.47 Å². The SMILES string of the molecule is O=C([O-])C(=O)Nc1nc(-c2ccc3c(c2)OCCO3)cs1. The molecule has 0 radical (unpaired) electrons. The predicted octanol–water partition coefficient (Wildman–Crippen LogP) is 0.270. The molecule has 21 heavy (non-hydrogen) atoms. The summed E-state index contributed by atoms with van der Waals surface area (Å²) in [5, 5.41) is 14.4. The van der Waals surface area contributed by atoms with E-state index >= 15 is 0 Å². The van der Waals surface area contributed by atoms with E-state index in [0.717, 1.165) is 16.9 Å². The molecule has 1 aliphatic rings. The third-order valence-corrected chi connectivity index (χ3v) is 3.51. The minimum Gasteiger partial charge on any atom is -0.540 e. The lowest BCUT2D eigenvalue weighted by molar-refractivity contribution is -0.299. The number of hydrogen-bond donors (Lipinski definition) is 1. The molecule has 1 amide bonds. The number of amides is 1. The highest BCUT2D eigenvalue weighted by atomic mass is 32.1. The van der Waals surface area contributed by atoms with Crippen LogP contribution in [0, 0.1) is 0 Å². The number of nitrogens with zero attached hydrogens (tertiary/aromatic N) is 1. The number of hydrogen-bond acceptors (Lipinski definition) is 7. The Labute approximate surface area is 123 Å². The highest BCUT2D eigenvalue weighted by molar-refractivity contribution is 7.14. The first-order valence-electron chi connectivity index (χ1n) is 6.01. The van der Waals surface area contributed by atoms with Crippen LogP contribution in [0.2, 0.25) is 0 Å². The van der Waals surface area contributed by atoms with Crippen molar-refractivity contribution in [3.63, 3.8) is 0 Å². The van der Waals surface area contributed by atoms with E-state index in [2.05, 4.69) is 10.3 Å². The van der Waals surface area contributed by atoms with Gasteiger partial charge in [-0.25, -0.2) is 4.98 Å². The molecule has 0 saturated heterocycles. The van der Waals surface area contributed by atoms with Crippen molar-refractivity contribution in [2.45, 2.75) is 0 Å². The molecule has 0 atom stereocenters. The molecule has 1 N–H and O–H groups in total. The van der Waals surface area contributed by atoms with Gasteiger partial charge >= 0.3 is 0 Å². The summed E-state index contributed by atoms with van der Waals surface area (Å²) in [6.07, 6.45) is 0. The van der Waals surface area contributed by atoms with Crippen LogP contribution >= 0.6 is 11.3 Å². The number of aliphatic carboxylic acids is 1. The number of benzene rings is 1. The predicted molar refractivity (Wildman–Crippen MR) is 72.2 cm³/mol. The normalized spacial score (nSPS) is 12.8. The maximum Gasteiger partial charge on any atom is 0.273 e. The van der Waals surface area contributed by atoms with E-state index in [1.54, 1.807) is 17.5 Å². The number of anilines is 1. The molecule has 0 aliphatic carbocycles. The number of carboxylic acid groups (broad SMARTS) is 1. The Morgan fingerprint density at radius 1 is 1.24 bits per heavy atom. The van der Waals surface area contributed by atoms with Crippen LogP contribution in [0.1, 0.15) is 0 Å². The molecule has 8 heteroatoms. The molecule has 3 rings (SSSR count). The Bertz CT molecular complexity index is 712. The Morgan fingerprint density at radius 3 is 2.76 bits per heavy atom. The zero-order valence-corrected chi connectivity index (χ0v) is 11.4. The van der Waals surface area contributed by atoms with Crippen LogP contribution in [-0.4, -0.2) is 30.1 Å². The summed E-state index contributed by atoms with van der Waals surface area (Å²) in [6, 6.07) is 5.38. The summed E-state index contributed by atoms with van der Waals surface area (Å²) >= 11 is 1.12. The Morgan fingerprint density at radius 2 is 2.00 bits per heavy atom. The fraction of sp³-hybridized carbons (Fsp3) is 0.154. The first kappa shape index (κ1) is 13.4. The lowest BCUT2D eigenvalue weighted by Crippen LogP contribution is -2.36. The van der Waals surface area contributed by atoms with Gasteiger partial charge in [0.25, 0.3) is 5.91 Å². The van der Waals surface area contributed by atoms with Gasteiger partial charge < -0.3 is 19.4 Å². The van der Waals surface area contributed by atoms with Crippen molar-refractivity contribution >= 4 is 28.3 Å². The van der Waals surface area contributed by atoms with Gasteiger partial charge in [-0.1, -0.05) is 0 Å². The highest BCUT2D eigenvalue weighted by Crippen LogP contribution is 2.35. The molecular formula is C13H9N2O5S-. The van der Waals surface area contributed by atoms with Gasteiger partial charge in [0.1, 0.15) is 19.2 Å². The van der Waals surface area contributed by atoms with Crippen LogP contribution < -0.4 is 19.9 Å². The van der Waals surface area contributed by atoms with Crippen molar-refractivity contribution in [3.8, 4) is 22.8 Å². The smallest absolute Gasteiger partial charge is 0.273 e.